The minimum absolute atomic E-state index is 0.0464. The Hall–Kier alpha value is -2.27. The highest BCUT2D eigenvalue weighted by atomic mass is 32.2. The van der Waals surface area contributed by atoms with E-state index < -0.39 is 28.8 Å². The molecule has 0 saturated carbocycles. The molecule has 2 heterocycles. The summed E-state index contributed by atoms with van der Waals surface area (Å²) in [5, 5.41) is 9.96. The number of hydrogen-bond donors (Lipinski definition) is 2. The van der Waals surface area contributed by atoms with Crippen LogP contribution in [0.4, 0.5) is 4.39 Å². The normalized spacial score (nSPS) is 21.7. The zero-order valence-electron chi connectivity index (χ0n) is 18.8. The molecule has 0 radical (unpaired) electrons. The van der Waals surface area contributed by atoms with E-state index in [0.29, 0.717) is 16.7 Å². The number of aromatic nitrogens is 1. The number of fused-ring (bicyclic) bond motifs is 1. The minimum atomic E-state index is -1.84. The Morgan fingerprint density at radius 3 is 2.88 bits per heavy atom. The van der Waals surface area contributed by atoms with Crippen LogP contribution in [0.2, 0.25) is 0 Å². The maximum absolute atomic E-state index is 12.9. The molecule has 180 valence electrons. The van der Waals surface area contributed by atoms with Crippen molar-refractivity contribution in [2.24, 2.45) is 4.99 Å². The Morgan fingerprint density at radius 2 is 2.18 bits per heavy atom. The van der Waals surface area contributed by atoms with Gasteiger partial charge < -0.3 is 5.11 Å². The lowest BCUT2D eigenvalue weighted by atomic mass is 10.0. The fourth-order valence-electron chi connectivity index (χ4n) is 3.22. The molecule has 1 aliphatic heterocycles. The number of carboxylic acids is 1. The molecule has 0 bridgehead atoms. The Bertz CT molecular complexity index is 1130. The lowest BCUT2D eigenvalue weighted by Gasteiger charge is -2.14. The number of aliphatic imine (C=N–C) groups is 1. The van der Waals surface area contributed by atoms with Crippen molar-refractivity contribution in [3.63, 3.8) is 0 Å². The van der Waals surface area contributed by atoms with Crippen LogP contribution >= 0.6 is 23.5 Å². The number of carbonyl (C=O) groups is 1. The molecule has 2 aliphatic rings. The number of aliphatic carboxylic acids is 1. The zero-order chi connectivity index (χ0) is 24.7. The van der Waals surface area contributed by atoms with Gasteiger partial charge in [0.15, 0.2) is 0 Å². The highest BCUT2D eigenvalue weighted by Crippen LogP contribution is 2.37. The smallest absolute Gasteiger partial charge is 0.322 e. The molecule has 0 aromatic carbocycles. The lowest BCUT2D eigenvalue weighted by molar-refractivity contribution is -0.138. The highest BCUT2D eigenvalue weighted by Gasteiger charge is 2.28. The maximum atomic E-state index is 12.9. The fourth-order valence-corrected chi connectivity index (χ4v) is 6.47. The van der Waals surface area contributed by atoms with Crippen LogP contribution in [0.25, 0.3) is 0 Å². The van der Waals surface area contributed by atoms with Crippen LogP contribution in [0.5, 0.6) is 0 Å². The van der Waals surface area contributed by atoms with Gasteiger partial charge in [-0.3, -0.25) is 14.8 Å². The summed E-state index contributed by atoms with van der Waals surface area (Å²) in [5.74, 6) is -1.22. The van der Waals surface area contributed by atoms with Gasteiger partial charge in [-0.25, -0.2) is 13.3 Å². The van der Waals surface area contributed by atoms with Crippen molar-refractivity contribution in [3.05, 3.63) is 88.9 Å². The number of carboxylic acid groups (broad SMARTS) is 1. The van der Waals surface area contributed by atoms with E-state index in [9.17, 15) is 18.5 Å². The van der Waals surface area contributed by atoms with Crippen LogP contribution in [0, 0.1) is 0 Å². The number of hydrogen-bond acceptors (Lipinski definition) is 6. The maximum Gasteiger partial charge on any atom is 0.322 e. The molecule has 1 aliphatic carbocycles. The molecule has 1 aromatic rings. The third-order valence-electron chi connectivity index (χ3n) is 4.91. The summed E-state index contributed by atoms with van der Waals surface area (Å²) in [6.45, 7) is 6.82. The molecule has 3 rings (SSSR count). The van der Waals surface area contributed by atoms with Crippen molar-refractivity contribution in [3.8, 4) is 0 Å². The number of nitrogens with zero attached hydrogens (tertiary/aromatic N) is 2. The molecule has 0 amide bonds. The number of allylic oxidation sites excluding steroid dienone is 6. The van der Waals surface area contributed by atoms with Gasteiger partial charge in [0.05, 0.1) is 21.9 Å². The summed E-state index contributed by atoms with van der Waals surface area (Å²) in [5.41, 5.74) is 2.60. The Kier molecular flexibility index (Phi) is 9.63. The number of rotatable bonds is 10. The second kappa shape index (κ2) is 12.4. The topological polar surface area (TPSA) is 91.7 Å². The van der Waals surface area contributed by atoms with Gasteiger partial charge >= 0.3 is 5.97 Å². The van der Waals surface area contributed by atoms with Gasteiger partial charge in [-0.05, 0) is 38.1 Å². The number of thioether (sulfide) groups is 2. The number of halogens is 1. The number of nitrogens with one attached hydrogen (secondary N) is 1. The van der Waals surface area contributed by atoms with Crippen molar-refractivity contribution in [2.75, 3.05) is 0 Å². The largest absolute Gasteiger partial charge is 0.480 e. The molecule has 10 heteroatoms. The van der Waals surface area contributed by atoms with E-state index in [0.717, 1.165) is 16.1 Å². The van der Waals surface area contributed by atoms with E-state index in [4.69, 9.17) is 4.99 Å². The predicted molar refractivity (Wildman–Crippen MR) is 141 cm³/mol. The first-order valence-corrected chi connectivity index (χ1v) is 13.5. The van der Waals surface area contributed by atoms with Crippen LogP contribution in [0.15, 0.2) is 82.5 Å². The van der Waals surface area contributed by atoms with Crippen molar-refractivity contribution in [1.29, 1.82) is 0 Å². The third kappa shape index (κ3) is 7.63. The lowest BCUT2D eigenvalue weighted by Crippen LogP contribution is -2.40. The van der Waals surface area contributed by atoms with Gasteiger partial charge in [0, 0.05) is 17.9 Å². The second-order valence-corrected chi connectivity index (χ2v) is 11.2. The van der Waals surface area contributed by atoms with Gasteiger partial charge in [0.2, 0.25) is 0 Å². The molecule has 34 heavy (non-hydrogen) atoms. The van der Waals surface area contributed by atoms with Crippen molar-refractivity contribution < 1.29 is 18.5 Å². The summed E-state index contributed by atoms with van der Waals surface area (Å²) in [6, 6.07) is 4.52. The van der Waals surface area contributed by atoms with E-state index >= 15 is 0 Å². The van der Waals surface area contributed by atoms with Gasteiger partial charge in [-0.1, -0.05) is 66.0 Å². The first-order chi connectivity index (χ1) is 16.2. The average molecular weight is 520 g/mol. The van der Waals surface area contributed by atoms with Gasteiger partial charge in [0.1, 0.15) is 27.2 Å². The Labute approximate surface area is 209 Å². The summed E-state index contributed by atoms with van der Waals surface area (Å²) in [7, 11) is -1.84. The molecular weight excluding hydrogens is 493 g/mol. The first kappa shape index (κ1) is 26.3. The summed E-state index contributed by atoms with van der Waals surface area (Å²) < 4.78 is 29.0. The monoisotopic (exact) mass is 519 g/mol. The molecule has 1 aromatic heterocycles. The van der Waals surface area contributed by atoms with Crippen molar-refractivity contribution in [2.45, 2.75) is 43.4 Å². The van der Waals surface area contributed by atoms with Crippen LogP contribution in [0.1, 0.15) is 25.2 Å². The van der Waals surface area contributed by atoms with Crippen LogP contribution in [0.3, 0.4) is 0 Å². The van der Waals surface area contributed by atoms with Crippen LogP contribution < -0.4 is 4.72 Å². The van der Waals surface area contributed by atoms with Gasteiger partial charge in [0.25, 0.3) is 0 Å². The summed E-state index contributed by atoms with van der Waals surface area (Å²) in [4.78, 5) is 21.4. The van der Waals surface area contributed by atoms with Crippen molar-refractivity contribution >= 4 is 44.9 Å². The molecule has 6 nitrogen and oxygen atoms in total. The van der Waals surface area contributed by atoms with Crippen molar-refractivity contribution in [1.82, 2.24) is 9.71 Å². The first-order valence-electron chi connectivity index (χ1n) is 10.5. The Balaban J connectivity index is 1.61. The predicted octanol–water partition coefficient (Wildman–Crippen LogP) is 4.86. The molecule has 0 fully saturated rings. The van der Waals surface area contributed by atoms with Gasteiger partial charge in [-0.2, -0.15) is 0 Å². The zero-order valence-corrected chi connectivity index (χ0v) is 21.3. The highest BCUT2D eigenvalue weighted by molar-refractivity contribution is 8.39. The van der Waals surface area contributed by atoms with Crippen LogP contribution in [-0.2, 0) is 28.0 Å². The molecule has 0 spiro atoms. The van der Waals surface area contributed by atoms with E-state index in [-0.39, 0.29) is 17.4 Å². The molecule has 4 atom stereocenters. The van der Waals surface area contributed by atoms with Gasteiger partial charge in [-0.15, -0.1) is 0 Å². The number of pyridine rings is 1. The van der Waals surface area contributed by atoms with E-state index in [1.807, 2.05) is 12.1 Å². The quantitative estimate of drug-likeness (QED) is 0.429. The minimum Gasteiger partial charge on any atom is -0.480 e. The van der Waals surface area contributed by atoms with E-state index in [2.05, 4.69) is 41.4 Å². The third-order valence-corrected chi connectivity index (χ3v) is 8.65. The SMILES string of the molecule is C=C(F)/C=C\C(=C/C)S(=O)NC(Cc1cccc(CSC2=NC3C=C(C)C=CC3S2)n1)C(=O)O. The second-order valence-electron chi connectivity index (χ2n) is 7.60. The van der Waals surface area contributed by atoms with Crippen LogP contribution in [-0.4, -0.2) is 42.0 Å². The standard InChI is InChI=1S/C24H26FN3O3S3/c1-4-19(10-9-16(3)25)34(31)28-21(23(29)30)13-17-6-5-7-18(26-17)14-32-24-27-20-12-15(2)8-11-22(20)33-24/h4-12,20-22,28H,3,13-14H2,1-2H3,(H,29,30)/b10-9-,19-4+. The van der Waals surface area contributed by atoms with E-state index in [1.54, 1.807) is 36.5 Å². The molecular formula is C24H26FN3O3S3. The summed E-state index contributed by atoms with van der Waals surface area (Å²) >= 11 is 3.36. The molecule has 0 saturated heterocycles. The average Bonchev–Trinajstić information content (AvgIpc) is 3.19. The van der Waals surface area contributed by atoms with E-state index in [1.165, 1.54) is 17.7 Å². The molecule has 2 N–H and O–H groups in total. The fraction of sp³-hybridized carbons (Fsp3) is 0.292. The Morgan fingerprint density at radius 1 is 1.41 bits per heavy atom. The molecule has 4 unspecified atom stereocenters. The summed E-state index contributed by atoms with van der Waals surface area (Å²) in [6.07, 6.45) is 10.4.